The Kier molecular flexibility index (Phi) is 9.20. The van der Waals surface area contributed by atoms with Gasteiger partial charge in [-0.15, -0.1) is 0 Å². The van der Waals surface area contributed by atoms with Gasteiger partial charge in [0.15, 0.2) is 5.78 Å². The summed E-state index contributed by atoms with van der Waals surface area (Å²) >= 11 is 0. The number of ketones is 1. The van der Waals surface area contributed by atoms with Crippen LogP contribution in [0.15, 0.2) is 60.8 Å². The summed E-state index contributed by atoms with van der Waals surface area (Å²) in [7, 11) is 0. The summed E-state index contributed by atoms with van der Waals surface area (Å²) in [5.41, 5.74) is 1.39. The van der Waals surface area contributed by atoms with Crippen LogP contribution in [0.3, 0.4) is 0 Å². The Morgan fingerprint density at radius 3 is 2.62 bits per heavy atom. The van der Waals surface area contributed by atoms with Crippen LogP contribution < -0.4 is 10.6 Å². The van der Waals surface area contributed by atoms with E-state index in [1.165, 1.54) is 6.08 Å². The van der Waals surface area contributed by atoms with Crippen LogP contribution in [0.2, 0.25) is 0 Å². The van der Waals surface area contributed by atoms with Gasteiger partial charge in [0.05, 0.1) is 12.3 Å². The molecule has 1 fully saturated rings. The van der Waals surface area contributed by atoms with E-state index in [-0.39, 0.29) is 36.5 Å². The number of amides is 2. The fourth-order valence-electron chi connectivity index (χ4n) is 4.04. The lowest BCUT2D eigenvalue weighted by Gasteiger charge is -2.22. The molecule has 1 saturated heterocycles. The second-order valence-electron chi connectivity index (χ2n) is 8.34. The average molecular weight is 466 g/mol. The van der Waals surface area contributed by atoms with Crippen molar-refractivity contribution in [2.75, 3.05) is 13.2 Å². The monoisotopic (exact) mass is 465 g/mol. The van der Waals surface area contributed by atoms with E-state index in [0.29, 0.717) is 31.5 Å². The van der Waals surface area contributed by atoms with E-state index in [2.05, 4.69) is 15.6 Å². The summed E-state index contributed by atoms with van der Waals surface area (Å²) in [5.74, 6) is -1.91. The lowest BCUT2D eigenvalue weighted by atomic mass is 9.91. The quantitative estimate of drug-likeness (QED) is 0.253. The van der Waals surface area contributed by atoms with Crippen LogP contribution in [0.4, 0.5) is 0 Å². The van der Waals surface area contributed by atoms with Crippen LogP contribution in [0, 0.1) is 11.8 Å². The van der Waals surface area contributed by atoms with E-state index in [0.717, 1.165) is 5.56 Å². The van der Waals surface area contributed by atoms with Crippen molar-refractivity contribution >= 4 is 23.6 Å². The molecule has 1 aliphatic heterocycles. The van der Waals surface area contributed by atoms with E-state index in [9.17, 15) is 19.2 Å². The number of Topliss-reactive ketones (excluding diaryl/α,β-unsaturated/α-hetero) is 1. The maximum absolute atomic E-state index is 13.4. The van der Waals surface area contributed by atoms with Crippen molar-refractivity contribution in [1.82, 2.24) is 15.6 Å². The van der Waals surface area contributed by atoms with Crippen LogP contribution in [0.25, 0.3) is 0 Å². The minimum atomic E-state index is -0.617. The molecule has 0 saturated carbocycles. The zero-order valence-corrected chi connectivity index (χ0v) is 19.3. The minimum Gasteiger partial charge on any atom is -0.463 e. The zero-order chi connectivity index (χ0) is 24.3. The van der Waals surface area contributed by atoms with Crippen molar-refractivity contribution < 1.29 is 23.9 Å². The number of nitrogens with one attached hydrogen (secondary N) is 3. The van der Waals surface area contributed by atoms with Crippen molar-refractivity contribution in [1.29, 1.82) is 0 Å². The number of carbonyl (C=O) groups is 4. The Morgan fingerprint density at radius 1 is 1.18 bits per heavy atom. The standard InChI is InChI=1S/C26H31N3O5/c1-2-34-24(31)11-10-21(16-19-12-14-28-25(19)32)29-26(33)20(15-18-7-4-3-5-8-18)17-23(30)22-9-6-13-27-22/h3-11,13,19-21,27H,2,12,14-17H2,1H3,(H,28,32)(H,29,33)/t19-,20+,21+/m0/s1. The van der Waals surface area contributed by atoms with Crippen molar-refractivity contribution in [3.63, 3.8) is 0 Å². The molecule has 0 radical (unpaired) electrons. The molecular weight excluding hydrogens is 434 g/mol. The minimum absolute atomic E-state index is 0.0272. The number of benzene rings is 1. The summed E-state index contributed by atoms with van der Waals surface area (Å²) in [6.07, 6.45) is 5.94. The van der Waals surface area contributed by atoms with Gasteiger partial charge in [0.1, 0.15) is 0 Å². The van der Waals surface area contributed by atoms with E-state index < -0.39 is 17.9 Å². The Morgan fingerprint density at radius 2 is 1.97 bits per heavy atom. The summed E-state index contributed by atoms with van der Waals surface area (Å²) in [4.78, 5) is 53.0. The molecule has 34 heavy (non-hydrogen) atoms. The smallest absolute Gasteiger partial charge is 0.330 e. The highest BCUT2D eigenvalue weighted by Crippen LogP contribution is 2.20. The molecule has 0 bridgehead atoms. The maximum Gasteiger partial charge on any atom is 0.330 e. The summed E-state index contributed by atoms with van der Waals surface area (Å²) in [5, 5.41) is 5.75. The first kappa shape index (κ1) is 25.0. The summed E-state index contributed by atoms with van der Waals surface area (Å²) in [6, 6.07) is 12.4. The van der Waals surface area contributed by atoms with Crippen molar-refractivity contribution in [2.24, 2.45) is 11.8 Å². The van der Waals surface area contributed by atoms with Gasteiger partial charge in [0.2, 0.25) is 11.8 Å². The number of aromatic nitrogens is 1. The average Bonchev–Trinajstić information content (AvgIpc) is 3.50. The van der Waals surface area contributed by atoms with Gasteiger partial charge in [-0.3, -0.25) is 14.4 Å². The Hall–Kier alpha value is -3.68. The van der Waals surface area contributed by atoms with E-state index >= 15 is 0 Å². The van der Waals surface area contributed by atoms with Gasteiger partial charge < -0.3 is 20.4 Å². The number of hydrogen-bond donors (Lipinski definition) is 3. The van der Waals surface area contributed by atoms with Crippen molar-refractivity contribution in [3.8, 4) is 0 Å². The third-order valence-electron chi connectivity index (χ3n) is 5.81. The number of ether oxygens (including phenoxy) is 1. The van der Waals surface area contributed by atoms with Gasteiger partial charge in [0.25, 0.3) is 0 Å². The molecule has 8 heteroatoms. The predicted molar refractivity (Wildman–Crippen MR) is 127 cm³/mol. The van der Waals surface area contributed by atoms with Gasteiger partial charge in [-0.25, -0.2) is 4.79 Å². The molecule has 1 aromatic heterocycles. The highest BCUT2D eigenvalue weighted by molar-refractivity contribution is 5.97. The Balaban J connectivity index is 1.76. The zero-order valence-electron chi connectivity index (χ0n) is 19.3. The Labute approximate surface area is 199 Å². The molecule has 8 nitrogen and oxygen atoms in total. The summed E-state index contributed by atoms with van der Waals surface area (Å²) < 4.78 is 4.94. The van der Waals surface area contributed by atoms with Gasteiger partial charge in [0, 0.05) is 43.1 Å². The van der Waals surface area contributed by atoms with Crippen molar-refractivity contribution in [3.05, 3.63) is 72.1 Å². The highest BCUT2D eigenvalue weighted by atomic mass is 16.5. The van der Waals surface area contributed by atoms with Crippen LogP contribution in [-0.4, -0.2) is 47.7 Å². The first-order chi connectivity index (χ1) is 16.5. The number of carbonyl (C=O) groups excluding carboxylic acids is 4. The van der Waals surface area contributed by atoms with Gasteiger partial charge in [-0.1, -0.05) is 36.4 Å². The molecule has 3 rings (SSSR count). The molecule has 0 unspecified atom stereocenters. The molecule has 3 N–H and O–H groups in total. The molecule has 3 atom stereocenters. The molecule has 1 aliphatic rings. The Bertz CT molecular complexity index is 1000. The van der Waals surface area contributed by atoms with Crippen LogP contribution >= 0.6 is 0 Å². The molecule has 1 aromatic carbocycles. The van der Waals surface area contributed by atoms with Crippen LogP contribution in [-0.2, 0) is 25.5 Å². The summed E-state index contributed by atoms with van der Waals surface area (Å²) in [6.45, 7) is 2.54. The van der Waals surface area contributed by atoms with Crippen LogP contribution in [0.5, 0.6) is 0 Å². The second-order valence-corrected chi connectivity index (χ2v) is 8.34. The fraction of sp³-hybridized carbons (Fsp3) is 0.385. The lowest BCUT2D eigenvalue weighted by molar-refractivity contribution is -0.137. The van der Waals surface area contributed by atoms with Crippen molar-refractivity contribution in [2.45, 2.75) is 38.6 Å². The SMILES string of the molecule is CCOC(=O)C=C[C@H](C[C@@H]1CCNC1=O)NC(=O)[C@@H](CC(=O)c1ccc[nH]1)Cc1ccccc1. The van der Waals surface area contributed by atoms with E-state index in [4.69, 9.17) is 4.74 Å². The first-order valence-corrected chi connectivity index (χ1v) is 11.6. The largest absolute Gasteiger partial charge is 0.463 e. The second kappa shape index (κ2) is 12.5. The topological polar surface area (TPSA) is 117 Å². The van der Waals surface area contributed by atoms with Gasteiger partial charge in [-0.05, 0) is 43.9 Å². The number of esters is 1. The molecule has 2 heterocycles. The predicted octanol–water partition coefficient (Wildman–Crippen LogP) is 2.58. The number of aromatic amines is 1. The third-order valence-corrected chi connectivity index (χ3v) is 5.81. The van der Waals surface area contributed by atoms with Crippen LogP contribution in [0.1, 0.15) is 42.2 Å². The first-order valence-electron chi connectivity index (χ1n) is 11.6. The maximum atomic E-state index is 13.4. The fourth-order valence-corrected chi connectivity index (χ4v) is 4.04. The lowest BCUT2D eigenvalue weighted by Crippen LogP contribution is -2.41. The normalized spacial score (nSPS) is 17.2. The molecule has 0 spiro atoms. The number of hydrogen-bond acceptors (Lipinski definition) is 5. The van der Waals surface area contributed by atoms with Gasteiger partial charge >= 0.3 is 5.97 Å². The highest BCUT2D eigenvalue weighted by Gasteiger charge is 2.29. The molecule has 2 aromatic rings. The number of H-pyrrole nitrogens is 1. The third kappa shape index (κ3) is 7.43. The molecule has 0 aliphatic carbocycles. The molecular formula is C26H31N3O5. The van der Waals surface area contributed by atoms with Gasteiger partial charge in [-0.2, -0.15) is 0 Å². The molecule has 180 valence electrons. The molecule has 2 amide bonds. The van der Waals surface area contributed by atoms with E-state index in [1.54, 1.807) is 31.3 Å². The van der Waals surface area contributed by atoms with E-state index in [1.807, 2.05) is 30.3 Å². The number of rotatable bonds is 12.